The summed E-state index contributed by atoms with van der Waals surface area (Å²) in [5, 5.41) is 0. The Balaban J connectivity index is 1.57. The van der Waals surface area contributed by atoms with E-state index in [1.807, 2.05) is 42.5 Å². The van der Waals surface area contributed by atoms with Crippen molar-refractivity contribution in [1.82, 2.24) is 9.44 Å². The third kappa shape index (κ3) is 6.29. The predicted octanol–water partition coefficient (Wildman–Crippen LogP) is 4.37. The van der Waals surface area contributed by atoms with E-state index in [0.717, 1.165) is 43.2 Å². The van der Waals surface area contributed by atoms with E-state index in [9.17, 15) is 16.8 Å². The van der Waals surface area contributed by atoms with Gasteiger partial charge in [0.1, 0.15) is 5.75 Å². The number of rotatable bonds is 9. The normalized spacial score (nSPS) is 16.0. The van der Waals surface area contributed by atoms with Crippen LogP contribution in [0.4, 0.5) is 0 Å². The van der Waals surface area contributed by atoms with Gasteiger partial charge in [-0.3, -0.25) is 0 Å². The van der Waals surface area contributed by atoms with Crippen molar-refractivity contribution in [3.8, 4) is 5.75 Å². The lowest BCUT2D eigenvalue weighted by Crippen LogP contribution is -2.36. The zero-order valence-electron chi connectivity index (χ0n) is 19.6. The zero-order valence-corrected chi connectivity index (χ0v) is 21.2. The molecule has 0 spiro atoms. The van der Waals surface area contributed by atoms with Crippen LogP contribution in [0, 0.1) is 0 Å². The monoisotopic (exact) mass is 514 g/mol. The van der Waals surface area contributed by atoms with Crippen molar-refractivity contribution in [1.29, 1.82) is 0 Å². The quantitative estimate of drug-likeness (QED) is 0.441. The highest BCUT2D eigenvalue weighted by atomic mass is 32.2. The molecular weight excluding hydrogens is 484 g/mol. The van der Waals surface area contributed by atoms with E-state index in [0.29, 0.717) is 5.75 Å². The fourth-order valence-electron chi connectivity index (χ4n) is 4.30. The summed E-state index contributed by atoms with van der Waals surface area (Å²) in [6, 6.07) is 21.1. The Morgan fingerprint density at radius 3 is 1.83 bits per heavy atom. The Bertz CT molecular complexity index is 1320. The first kappa shape index (κ1) is 25.4. The van der Waals surface area contributed by atoms with Gasteiger partial charge in [-0.05, 0) is 60.4 Å². The van der Waals surface area contributed by atoms with Crippen molar-refractivity contribution in [2.75, 3.05) is 7.11 Å². The van der Waals surface area contributed by atoms with Gasteiger partial charge in [0.15, 0.2) is 0 Å². The Morgan fingerprint density at radius 1 is 0.714 bits per heavy atom. The van der Waals surface area contributed by atoms with Crippen LogP contribution in [-0.4, -0.2) is 30.0 Å². The Morgan fingerprint density at radius 2 is 1.26 bits per heavy atom. The molecule has 1 atom stereocenters. The van der Waals surface area contributed by atoms with Crippen LogP contribution in [0.1, 0.15) is 49.3 Å². The summed E-state index contributed by atoms with van der Waals surface area (Å²) < 4.78 is 62.9. The van der Waals surface area contributed by atoms with Gasteiger partial charge in [-0.2, -0.15) is 4.72 Å². The van der Waals surface area contributed by atoms with Crippen molar-refractivity contribution >= 4 is 20.0 Å². The van der Waals surface area contributed by atoms with Gasteiger partial charge in [0, 0.05) is 6.04 Å². The van der Waals surface area contributed by atoms with Crippen molar-refractivity contribution in [2.24, 2.45) is 0 Å². The van der Waals surface area contributed by atoms with E-state index in [2.05, 4.69) is 9.44 Å². The van der Waals surface area contributed by atoms with E-state index in [1.165, 1.54) is 24.3 Å². The van der Waals surface area contributed by atoms with Gasteiger partial charge in [-0.1, -0.05) is 61.7 Å². The van der Waals surface area contributed by atoms with Gasteiger partial charge >= 0.3 is 0 Å². The average Bonchev–Trinajstić information content (AvgIpc) is 2.88. The second kappa shape index (κ2) is 10.9. The van der Waals surface area contributed by atoms with Gasteiger partial charge in [-0.25, -0.2) is 21.6 Å². The van der Waals surface area contributed by atoms with Crippen LogP contribution in [-0.2, 0) is 20.0 Å². The first-order valence-corrected chi connectivity index (χ1v) is 14.6. The molecule has 0 aromatic heterocycles. The molecule has 9 heteroatoms. The van der Waals surface area contributed by atoms with Crippen molar-refractivity contribution < 1.29 is 21.6 Å². The van der Waals surface area contributed by atoms with E-state index >= 15 is 0 Å². The third-order valence-electron chi connectivity index (χ3n) is 6.23. The number of nitrogens with one attached hydrogen (secondary N) is 2. The van der Waals surface area contributed by atoms with Crippen molar-refractivity contribution in [3.05, 3.63) is 90.0 Å². The van der Waals surface area contributed by atoms with Crippen molar-refractivity contribution in [3.63, 3.8) is 0 Å². The van der Waals surface area contributed by atoms with E-state index < -0.39 is 26.1 Å². The lowest BCUT2D eigenvalue weighted by atomic mass is 9.96. The molecule has 0 radical (unpaired) electrons. The highest BCUT2D eigenvalue weighted by Crippen LogP contribution is 2.27. The molecule has 186 valence electrons. The Kier molecular flexibility index (Phi) is 7.91. The maximum Gasteiger partial charge on any atom is 0.241 e. The molecule has 35 heavy (non-hydrogen) atoms. The summed E-state index contributed by atoms with van der Waals surface area (Å²) in [6.07, 6.45) is 4.78. The fraction of sp³-hybridized carbons (Fsp3) is 0.308. The molecule has 7 nitrogen and oxygen atoms in total. The first-order valence-electron chi connectivity index (χ1n) is 11.6. The molecule has 0 aliphatic heterocycles. The van der Waals surface area contributed by atoms with Crippen LogP contribution >= 0.6 is 0 Å². The van der Waals surface area contributed by atoms with Gasteiger partial charge in [0.05, 0.1) is 22.9 Å². The number of hydrogen-bond donors (Lipinski definition) is 2. The van der Waals surface area contributed by atoms with E-state index in [4.69, 9.17) is 4.74 Å². The molecule has 0 saturated heterocycles. The standard InChI is InChI=1S/C26H30N2O5S2/c1-33-23-14-12-21(13-15-23)26(20-8-4-2-5-9-20)28-35(31,32)25-18-16-24(17-19-25)34(29,30)27-22-10-6-3-7-11-22/h2,4-5,8-9,12-19,22,26-28H,3,6-7,10-11H2,1H3. The molecule has 1 unspecified atom stereocenters. The number of hydrogen-bond acceptors (Lipinski definition) is 5. The Hall–Kier alpha value is -2.72. The van der Waals surface area contributed by atoms with Crippen molar-refractivity contribution in [2.45, 2.75) is 54.0 Å². The van der Waals surface area contributed by atoms with Gasteiger partial charge in [0.25, 0.3) is 0 Å². The van der Waals surface area contributed by atoms with Gasteiger partial charge < -0.3 is 4.74 Å². The number of ether oxygens (including phenoxy) is 1. The fourth-order valence-corrected chi connectivity index (χ4v) is 6.82. The summed E-state index contributed by atoms with van der Waals surface area (Å²) in [4.78, 5) is 0.0420. The molecule has 4 rings (SSSR count). The van der Waals surface area contributed by atoms with Crippen LogP contribution in [0.15, 0.2) is 88.7 Å². The summed E-state index contributed by atoms with van der Waals surface area (Å²) >= 11 is 0. The van der Waals surface area contributed by atoms with Crippen LogP contribution < -0.4 is 14.2 Å². The minimum atomic E-state index is -3.96. The van der Waals surface area contributed by atoms with E-state index in [1.54, 1.807) is 19.2 Å². The number of sulfonamides is 2. The zero-order chi connectivity index (χ0) is 24.9. The highest BCUT2D eigenvalue weighted by Gasteiger charge is 2.25. The number of benzene rings is 3. The first-order chi connectivity index (χ1) is 16.8. The minimum absolute atomic E-state index is 0.0106. The molecular formula is C26H30N2O5S2. The molecule has 0 bridgehead atoms. The molecule has 1 saturated carbocycles. The minimum Gasteiger partial charge on any atom is -0.497 e. The lowest BCUT2D eigenvalue weighted by molar-refractivity contribution is 0.412. The molecule has 2 N–H and O–H groups in total. The molecule has 3 aromatic rings. The van der Waals surface area contributed by atoms with Crippen LogP contribution in [0.25, 0.3) is 0 Å². The maximum atomic E-state index is 13.3. The third-order valence-corrected chi connectivity index (χ3v) is 9.20. The molecule has 1 aliphatic rings. The maximum absolute atomic E-state index is 13.3. The molecule has 0 heterocycles. The van der Waals surface area contributed by atoms with Crippen LogP contribution in [0.5, 0.6) is 5.75 Å². The molecule has 1 aliphatic carbocycles. The molecule has 0 amide bonds. The molecule has 1 fully saturated rings. The summed E-state index contributed by atoms with van der Waals surface area (Å²) in [6.45, 7) is 0. The van der Waals surface area contributed by atoms with Gasteiger partial charge in [0.2, 0.25) is 20.0 Å². The second-order valence-electron chi connectivity index (χ2n) is 8.67. The summed E-state index contributed by atoms with van der Waals surface area (Å²) in [5.74, 6) is 0.669. The summed E-state index contributed by atoms with van der Waals surface area (Å²) in [5.41, 5.74) is 1.52. The highest BCUT2D eigenvalue weighted by molar-refractivity contribution is 7.90. The average molecular weight is 515 g/mol. The number of methoxy groups -OCH3 is 1. The second-order valence-corrected chi connectivity index (χ2v) is 12.1. The van der Waals surface area contributed by atoms with Crippen LogP contribution in [0.2, 0.25) is 0 Å². The van der Waals surface area contributed by atoms with Crippen LogP contribution in [0.3, 0.4) is 0 Å². The smallest absolute Gasteiger partial charge is 0.241 e. The largest absolute Gasteiger partial charge is 0.497 e. The lowest BCUT2D eigenvalue weighted by Gasteiger charge is -2.22. The van der Waals surface area contributed by atoms with Gasteiger partial charge in [-0.15, -0.1) is 0 Å². The molecule has 3 aromatic carbocycles. The SMILES string of the molecule is COc1ccc(C(NS(=O)(=O)c2ccc(S(=O)(=O)NC3CCCCC3)cc2)c2ccccc2)cc1. The predicted molar refractivity (Wildman–Crippen MR) is 135 cm³/mol. The van der Waals surface area contributed by atoms with E-state index in [-0.39, 0.29) is 15.8 Å². The Labute approximate surface area is 207 Å². The summed E-state index contributed by atoms with van der Waals surface area (Å²) in [7, 11) is -6.10. The topological polar surface area (TPSA) is 102 Å².